The molecule has 4 nitrogen and oxygen atoms in total. The van der Waals surface area contributed by atoms with E-state index in [1.807, 2.05) is 55.5 Å². The van der Waals surface area contributed by atoms with Crippen molar-refractivity contribution in [3.05, 3.63) is 65.2 Å². The first-order chi connectivity index (χ1) is 11.7. The number of amides is 1. The number of benzene rings is 2. The molecule has 0 fully saturated rings. The Kier molecular flexibility index (Phi) is 6.16. The SMILES string of the molecule is CCOc1cccc(/C=C(\C#N)C(=O)Nc2ccc(CC)cc2)c1. The molecule has 0 spiro atoms. The van der Waals surface area contributed by atoms with Crippen molar-refractivity contribution in [1.82, 2.24) is 0 Å². The highest BCUT2D eigenvalue weighted by Crippen LogP contribution is 2.17. The quantitative estimate of drug-likeness (QED) is 0.641. The van der Waals surface area contributed by atoms with Crippen LogP contribution < -0.4 is 10.1 Å². The third-order valence-electron chi connectivity index (χ3n) is 3.47. The second kappa shape index (κ2) is 8.54. The first-order valence-corrected chi connectivity index (χ1v) is 7.91. The van der Waals surface area contributed by atoms with Crippen molar-refractivity contribution < 1.29 is 9.53 Å². The molecule has 0 aliphatic heterocycles. The van der Waals surface area contributed by atoms with Crippen molar-refractivity contribution in [1.29, 1.82) is 5.26 Å². The molecular weight excluding hydrogens is 300 g/mol. The smallest absolute Gasteiger partial charge is 0.266 e. The Morgan fingerprint density at radius 1 is 1.21 bits per heavy atom. The summed E-state index contributed by atoms with van der Waals surface area (Å²) in [6.45, 7) is 4.54. The fourth-order valence-corrected chi connectivity index (χ4v) is 2.20. The molecule has 0 saturated carbocycles. The van der Waals surface area contributed by atoms with Gasteiger partial charge in [0.2, 0.25) is 0 Å². The summed E-state index contributed by atoms with van der Waals surface area (Å²) in [5.74, 6) is 0.280. The standard InChI is InChI=1S/C20H20N2O2/c1-3-15-8-10-18(11-9-15)22-20(23)17(14-21)12-16-6-5-7-19(13-16)24-4-2/h5-13H,3-4H2,1-2H3,(H,22,23)/b17-12+. The van der Waals surface area contributed by atoms with E-state index >= 15 is 0 Å². The van der Waals surface area contributed by atoms with Gasteiger partial charge in [0.25, 0.3) is 5.91 Å². The van der Waals surface area contributed by atoms with Crippen molar-refractivity contribution >= 4 is 17.7 Å². The number of nitrogens with one attached hydrogen (secondary N) is 1. The molecule has 1 amide bonds. The van der Waals surface area contributed by atoms with Crippen LogP contribution in [-0.4, -0.2) is 12.5 Å². The van der Waals surface area contributed by atoms with E-state index in [0.717, 1.165) is 12.0 Å². The fourth-order valence-electron chi connectivity index (χ4n) is 2.20. The summed E-state index contributed by atoms with van der Waals surface area (Å²) in [5, 5.41) is 12.0. The van der Waals surface area contributed by atoms with E-state index in [-0.39, 0.29) is 5.57 Å². The van der Waals surface area contributed by atoms with Crippen LogP contribution in [0.4, 0.5) is 5.69 Å². The third-order valence-corrected chi connectivity index (χ3v) is 3.47. The van der Waals surface area contributed by atoms with Crippen molar-refractivity contribution in [3.8, 4) is 11.8 Å². The van der Waals surface area contributed by atoms with Gasteiger partial charge in [-0.05, 0) is 54.8 Å². The highest BCUT2D eigenvalue weighted by Gasteiger charge is 2.09. The summed E-state index contributed by atoms with van der Waals surface area (Å²) in [6.07, 6.45) is 2.49. The van der Waals surface area contributed by atoms with Crippen molar-refractivity contribution in [2.75, 3.05) is 11.9 Å². The highest BCUT2D eigenvalue weighted by molar-refractivity contribution is 6.09. The van der Waals surface area contributed by atoms with Gasteiger partial charge in [0.15, 0.2) is 0 Å². The van der Waals surface area contributed by atoms with Crippen molar-refractivity contribution in [2.45, 2.75) is 20.3 Å². The van der Waals surface area contributed by atoms with E-state index < -0.39 is 5.91 Å². The summed E-state index contributed by atoms with van der Waals surface area (Å²) in [5.41, 5.74) is 2.65. The maximum atomic E-state index is 12.3. The van der Waals surface area contributed by atoms with E-state index in [2.05, 4.69) is 12.2 Å². The molecule has 4 heteroatoms. The molecule has 2 rings (SSSR count). The predicted octanol–water partition coefficient (Wildman–Crippen LogP) is 4.19. The van der Waals surface area contributed by atoms with Gasteiger partial charge in [0, 0.05) is 5.69 Å². The summed E-state index contributed by atoms with van der Waals surface area (Å²) < 4.78 is 5.43. The molecule has 122 valence electrons. The van der Waals surface area contributed by atoms with Crippen molar-refractivity contribution in [3.63, 3.8) is 0 Å². The number of rotatable bonds is 6. The Morgan fingerprint density at radius 3 is 2.58 bits per heavy atom. The van der Waals surface area contributed by atoms with Gasteiger partial charge in [-0.2, -0.15) is 5.26 Å². The molecule has 0 aromatic heterocycles. The summed E-state index contributed by atoms with van der Waals surface area (Å²) in [4.78, 5) is 12.3. The highest BCUT2D eigenvalue weighted by atomic mass is 16.5. The predicted molar refractivity (Wildman–Crippen MR) is 95.7 cm³/mol. The first kappa shape index (κ1) is 17.3. The molecule has 2 aromatic carbocycles. The summed E-state index contributed by atoms with van der Waals surface area (Å²) >= 11 is 0. The van der Waals surface area contributed by atoms with Crippen LogP contribution >= 0.6 is 0 Å². The van der Waals surface area contributed by atoms with Crippen LogP contribution in [0, 0.1) is 11.3 Å². The molecule has 0 radical (unpaired) electrons. The Hall–Kier alpha value is -3.06. The lowest BCUT2D eigenvalue weighted by molar-refractivity contribution is -0.112. The van der Waals surface area contributed by atoms with Gasteiger partial charge in [-0.15, -0.1) is 0 Å². The molecule has 0 atom stereocenters. The lowest BCUT2D eigenvalue weighted by Crippen LogP contribution is -2.13. The summed E-state index contributed by atoms with van der Waals surface area (Å²) in [6, 6.07) is 16.8. The zero-order chi connectivity index (χ0) is 17.4. The minimum Gasteiger partial charge on any atom is -0.494 e. The summed E-state index contributed by atoms with van der Waals surface area (Å²) in [7, 11) is 0. The molecule has 0 aliphatic carbocycles. The van der Waals surface area contributed by atoms with Crippen LogP contribution in [-0.2, 0) is 11.2 Å². The Morgan fingerprint density at radius 2 is 1.96 bits per heavy atom. The van der Waals surface area contributed by atoms with Crippen LogP contribution in [0.3, 0.4) is 0 Å². The average Bonchev–Trinajstić information content (AvgIpc) is 2.61. The lowest BCUT2D eigenvalue weighted by Gasteiger charge is -2.06. The Bertz CT molecular complexity index is 771. The van der Waals surface area contributed by atoms with Gasteiger partial charge in [0.05, 0.1) is 6.61 Å². The number of nitriles is 1. The van der Waals surface area contributed by atoms with Crippen LogP contribution in [0.25, 0.3) is 6.08 Å². The zero-order valence-corrected chi connectivity index (χ0v) is 13.9. The van der Waals surface area contributed by atoms with Gasteiger partial charge in [-0.25, -0.2) is 0 Å². The van der Waals surface area contributed by atoms with Gasteiger partial charge < -0.3 is 10.1 Å². The van der Waals surface area contributed by atoms with Gasteiger partial charge in [0.1, 0.15) is 17.4 Å². The van der Waals surface area contributed by atoms with E-state index in [1.165, 1.54) is 5.56 Å². The zero-order valence-electron chi connectivity index (χ0n) is 13.9. The van der Waals surface area contributed by atoms with Gasteiger partial charge >= 0.3 is 0 Å². The molecule has 0 heterocycles. The fraction of sp³-hybridized carbons (Fsp3) is 0.200. The molecule has 0 aliphatic rings. The number of anilines is 1. The number of ether oxygens (including phenoxy) is 1. The van der Waals surface area contributed by atoms with Crippen LogP contribution in [0.5, 0.6) is 5.75 Å². The Labute approximate surface area is 142 Å². The first-order valence-electron chi connectivity index (χ1n) is 7.91. The molecule has 2 aromatic rings. The number of nitrogens with zero attached hydrogens (tertiary/aromatic N) is 1. The number of hydrogen-bond acceptors (Lipinski definition) is 3. The average molecular weight is 320 g/mol. The maximum Gasteiger partial charge on any atom is 0.266 e. The lowest BCUT2D eigenvalue weighted by atomic mass is 10.1. The van der Waals surface area contributed by atoms with E-state index in [1.54, 1.807) is 12.1 Å². The normalized spacial score (nSPS) is 10.8. The molecule has 0 unspecified atom stereocenters. The molecular formula is C20H20N2O2. The molecule has 24 heavy (non-hydrogen) atoms. The topological polar surface area (TPSA) is 62.1 Å². The van der Waals surface area contributed by atoms with Gasteiger partial charge in [-0.3, -0.25) is 4.79 Å². The minimum atomic E-state index is -0.427. The van der Waals surface area contributed by atoms with Crippen LogP contribution in [0.2, 0.25) is 0 Å². The van der Waals surface area contributed by atoms with E-state index in [0.29, 0.717) is 18.0 Å². The third kappa shape index (κ3) is 4.72. The van der Waals surface area contributed by atoms with E-state index in [4.69, 9.17) is 4.74 Å². The minimum absolute atomic E-state index is 0.0446. The van der Waals surface area contributed by atoms with Gasteiger partial charge in [-0.1, -0.05) is 31.2 Å². The maximum absolute atomic E-state index is 12.3. The number of carbonyl (C=O) groups excluding carboxylic acids is 1. The molecule has 1 N–H and O–H groups in total. The van der Waals surface area contributed by atoms with Crippen molar-refractivity contribution in [2.24, 2.45) is 0 Å². The van der Waals surface area contributed by atoms with Crippen LogP contribution in [0.15, 0.2) is 54.1 Å². The monoisotopic (exact) mass is 320 g/mol. The Balaban J connectivity index is 2.15. The van der Waals surface area contributed by atoms with Crippen LogP contribution in [0.1, 0.15) is 25.0 Å². The molecule has 0 saturated heterocycles. The molecule has 0 bridgehead atoms. The second-order valence-electron chi connectivity index (χ2n) is 5.18. The number of carbonyl (C=O) groups is 1. The number of aryl methyl sites for hydroxylation is 1. The largest absolute Gasteiger partial charge is 0.494 e. The second-order valence-corrected chi connectivity index (χ2v) is 5.18. The van der Waals surface area contributed by atoms with E-state index in [9.17, 15) is 10.1 Å². The number of hydrogen-bond donors (Lipinski definition) is 1.